The first-order valence-corrected chi connectivity index (χ1v) is 5.93. The number of carbonyl (C=O) groups is 1. The number of nitrogens with zero attached hydrogens (tertiary/aromatic N) is 4. The molecule has 0 atom stereocenters. The molecule has 19 heavy (non-hydrogen) atoms. The SMILES string of the molecule is Cc1nn(C)cc1CN(C)c1ccc(C(N)=O)cn1. The smallest absolute Gasteiger partial charge is 0.250 e. The van der Waals surface area contributed by atoms with Crippen molar-refractivity contribution in [1.29, 1.82) is 0 Å². The fourth-order valence-electron chi connectivity index (χ4n) is 1.90. The molecule has 0 bridgehead atoms. The molecule has 0 radical (unpaired) electrons. The molecule has 2 N–H and O–H groups in total. The molecule has 2 aromatic heterocycles. The van der Waals surface area contributed by atoms with Crippen LogP contribution in [0.1, 0.15) is 21.6 Å². The highest BCUT2D eigenvalue weighted by Gasteiger charge is 2.09. The Morgan fingerprint density at radius 2 is 2.21 bits per heavy atom. The Morgan fingerprint density at radius 3 is 2.68 bits per heavy atom. The third-order valence-corrected chi connectivity index (χ3v) is 2.95. The van der Waals surface area contributed by atoms with Crippen LogP contribution >= 0.6 is 0 Å². The fraction of sp³-hybridized carbons (Fsp3) is 0.308. The van der Waals surface area contributed by atoms with Crippen LogP contribution in [0.15, 0.2) is 24.5 Å². The predicted molar refractivity (Wildman–Crippen MR) is 72.8 cm³/mol. The van der Waals surface area contributed by atoms with Crippen molar-refractivity contribution < 1.29 is 4.79 Å². The molecule has 0 aromatic carbocycles. The number of rotatable bonds is 4. The molecule has 0 fully saturated rings. The van der Waals surface area contributed by atoms with Crippen LogP contribution in [0.3, 0.4) is 0 Å². The van der Waals surface area contributed by atoms with Gasteiger partial charge in [0.25, 0.3) is 0 Å². The second-order valence-corrected chi connectivity index (χ2v) is 4.54. The number of carbonyl (C=O) groups excluding carboxylic acids is 1. The highest BCUT2D eigenvalue weighted by atomic mass is 16.1. The number of hydrogen-bond donors (Lipinski definition) is 1. The van der Waals surface area contributed by atoms with Gasteiger partial charge in [0.1, 0.15) is 5.82 Å². The summed E-state index contributed by atoms with van der Waals surface area (Å²) in [4.78, 5) is 17.2. The van der Waals surface area contributed by atoms with Gasteiger partial charge in [0, 0.05) is 38.6 Å². The Bertz CT molecular complexity index is 588. The zero-order chi connectivity index (χ0) is 14.0. The van der Waals surface area contributed by atoms with E-state index in [0.717, 1.165) is 17.1 Å². The van der Waals surface area contributed by atoms with E-state index >= 15 is 0 Å². The monoisotopic (exact) mass is 259 g/mol. The van der Waals surface area contributed by atoms with Crippen LogP contribution in [-0.2, 0) is 13.6 Å². The van der Waals surface area contributed by atoms with E-state index in [-0.39, 0.29) is 0 Å². The van der Waals surface area contributed by atoms with E-state index in [1.807, 2.05) is 32.1 Å². The molecular formula is C13H17N5O. The number of aryl methyl sites for hydroxylation is 2. The summed E-state index contributed by atoms with van der Waals surface area (Å²) >= 11 is 0. The molecule has 2 aromatic rings. The molecule has 100 valence electrons. The first kappa shape index (κ1) is 13.1. The lowest BCUT2D eigenvalue weighted by Crippen LogP contribution is -2.18. The van der Waals surface area contributed by atoms with E-state index in [1.165, 1.54) is 6.20 Å². The Labute approximate surface area is 111 Å². The molecular weight excluding hydrogens is 242 g/mol. The molecule has 6 nitrogen and oxygen atoms in total. The minimum absolute atomic E-state index is 0.412. The fourth-order valence-corrected chi connectivity index (χ4v) is 1.90. The molecule has 6 heteroatoms. The van der Waals surface area contributed by atoms with Crippen molar-refractivity contribution in [3.8, 4) is 0 Å². The minimum Gasteiger partial charge on any atom is -0.366 e. The summed E-state index contributed by atoms with van der Waals surface area (Å²) in [5.41, 5.74) is 7.74. The number of nitrogens with two attached hydrogens (primary N) is 1. The van der Waals surface area contributed by atoms with Gasteiger partial charge in [-0.3, -0.25) is 9.48 Å². The van der Waals surface area contributed by atoms with Gasteiger partial charge in [-0.1, -0.05) is 0 Å². The van der Waals surface area contributed by atoms with Crippen LogP contribution in [0, 0.1) is 6.92 Å². The lowest BCUT2D eigenvalue weighted by Gasteiger charge is -2.17. The van der Waals surface area contributed by atoms with Crippen LogP contribution in [0.4, 0.5) is 5.82 Å². The van der Waals surface area contributed by atoms with Crippen molar-refractivity contribution in [3.63, 3.8) is 0 Å². The van der Waals surface area contributed by atoms with E-state index in [1.54, 1.807) is 16.8 Å². The zero-order valence-corrected chi connectivity index (χ0v) is 11.3. The Hall–Kier alpha value is -2.37. The van der Waals surface area contributed by atoms with Gasteiger partial charge in [0.05, 0.1) is 11.3 Å². The molecule has 0 saturated heterocycles. The van der Waals surface area contributed by atoms with Gasteiger partial charge >= 0.3 is 0 Å². The lowest BCUT2D eigenvalue weighted by molar-refractivity contribution is 0.1000. The Morgan fingerprint density at radius 1 is 1.47 bits per heavy atom. The van der Waals surface area contributed by atoms with Crippen molar-refractivity contribution in [2.75, 3.05) is 11.9 Å². The molecule has 0 saturated carbocycles. The largest absolute Gasteiger partial charge is 0.366 e. The molecule has 0 spiro atoms. The maximum absolute atomic E-state index is 11.0. The van der Waals surface area contributed by atoms with Crippen LogP contribution in [0.2, 0.25) is 0 Å². The Balaban J connectivity index is 2.13. The topological polar surface area (TPSA) is 77.0 Å². The quantitative estimate of drug-likeness (QED) is 0.883. The summed E-state index contributed by atoms with van der Waals surface area (Å²) in [6.45, 7) is 2.69. The third kappa shape index (κ3) is 2.90. The molecule has 2 rings (SSSR count). The van der Waals surface area contributed by atoms with Crippen LogP contribution in [0.25, 0.3) is 0 Å². The van der Waals surface area contributed by atoms with Crippen molar-refractivity contribution in [2.45, 2.75) is 13.5 Å². The van der Waals surface area contributed by atoms with Gasteiger partial charge in [-0.15, -0.1) is 0 Å². The molecule has 2 heterocycles. The number of primary amides is 1. The average molecular weight is 259 g/mol. The second-order valence-electron chi connectivity index (χ2n) is 4.54. The highest BCUT2D eigenvalue weighted by Crippen LogP contribution is 2.14. The normalized spacial score (nSPS) is 10.5. The van der Waals surface area contributed by atoms with E-state index in [4.69, 9.17) is 5.73 Å². The lowest BCUT2D eigenvalue weighted by atomic mass is 10.2. The van der Waals surface area contributed by atoms with Gasteiger partial charge < -0.3 is 10.6 Å². The number of anilines is 1. The van der Waals surface area contributed by atoms with Crippen molar-refractivity contribution >= 4 is 11.7 Å². The van der Waals surface area contributed by atoms with E-state index in [0.29, 0.717) is 12.1 Å². The summed E-state index contributed by atoms with van der Waals surface area (Å²) in [5, 5.41) is 4.30. The van der Waals surface area contributed by atoms with Gasteiger partial charge in [0.15, 0.2) is 0 Å². The van der Waals surface area contributed by atoms with Gasteiger partial charge in [-0.2, -0.15) is 5.10 Å². The number of aromatic nitrogens is 3. The first-order valence-electron chi connectivity index (χ1n) is 5.93. The zero-order valence-electron chi connectivity index (χ0n) is 11.3. The van der Waals surface area contributed by atoms with Crippen molar-refractivity contribution in [2.24, 2.45) is 12.8 Å². The van der Waals surface area contributed by atoms with Crippen molar-refractivity contribution in [1.82, 2.24) is 14.8 Å². The molecule has 1 amide bonds. The highest BCUT2D eigenvalue weighted by molar-refractivity contribution is 5.92. The maximum Gasteiger partial charge on any atom is 0.250 e. The van der Waals surface area contributed by atoms with Crippen LogP contribution in [-0.4, -0.2) is 27.7 Å². The maximum atomic E-state index is 11.0. The molecule has 0 aliphatic heterocycles. The number of hydrogen-bond acceptors (Lipinski definition) is 4. The second kappa shape index (κ2) is 5.09. The number of pyridine rings is 1. The summed E-state index contributed by atoms with van der Waals surface area (Å²) in [5.74, 6) is 0.318. The molecule has 0 aliphatic rings. The summed E-state index contributed by atoms with van der Waals surface area (Å²) in [6.07, 6.45) is 3.48. The van der Waals surface area contributed by atoms with Crippen molar-refractivity contribution in [3.05, 3.63) is 41.3 Å². The van der Waals surface area contributed by atoms with E-state index < -0.39 is 5.91 Å². The van der Waals surface area contributed by atoms with Gasteiger partial charge in [0.2, 0.25) is 5.91 Å². The van der Waals surface area contributed by atoms with Gasteiger partial charge in [-0.25, -0.2) is 4.98 Å². The average Bonchev–Trinajstić information content (AvgIpc) is 2.68. The minimum atomic E-state index is -0.468. The summed E-state index contributed by atoms with van der Waals surface area (Å²) in [6, 6.07) is 3.46. The summed E-state index contributed by atoms with van der Waals surface area (Å²) in [7, 11) is 3.84. The Kier molecular flexibility index (Phi) is 3.50. The van der Waals surface area contributed by atoms with Crippen LogP contribution < -0.4 is 10.6 Å². The van der Waals surface area contributed by atoms with E-state index in [2.05, 4.69) is 10.1 Å². The predicted octanol–water partition coefficient (Wildman–Crippen LogP) is 0.859. The number of amides is 1. The third-order valence-electron chi connectivity index (χ3n) is 2.95. The molecule has 0 aliphatic carbocycles. The van der Waals surface area contributed by atoms with Gasteiger partial charge in [-0.05, 0) is 19.1 Å². The molecule has 0 unspecified atom stereocenters. The summed E-state index contributed by atoms with van der Waals surface area (Å²) < 4.78 is 1.79. The van der Waals surface area contributed by atoms with E-state index in [9.17, 15) is 4.79 Å². The first-order chi connectivity index (χ1) is 8.97. The van der Waals surface area contributed by atoms with Crippen LogP contribution in [0.5, 0.6) is 0 Å². The standard InChI is InChI=1S/C13H17N5O/c1-9-11(8-18(3)16-9)7-17(2)12-5-4-10(6-15-12)13(14)19/h4-6,8H,7H2,1-3H3,(H2,14,19).